The van der Waals surface area contributed by atoms with Gasteiger partial charge in [0.15, 0.2) is 22.8 Å². The Bertz CT molecular complexity index is 4120. The first-order chi connectivity index (χ1) is 33.7. The summed E-state index contributed by atoms with van der Waals surface area (Å²) in [5.74, 6) is 1.62. The van der Waals surface area contributed by atoms with Gasteiger partial charge in [-0.25, -0.2) is 0 Å². The molecule has 330 valence electrons. The number of hydrogen-bond acceptors (Lipinski definition) is 1. The van der Waals surface area contributed by atoms with Gasteiger partial charge in [-0.05, 0) is 100.0 Å². The predicted molar refractivity (Wildman–Crippen MR) is 287 cm³/mol. The van der Waals surface area contributed by atoms with Crippen molar-refractivity contribution in [3.8, 4) is 50.6 Å². The van der Waals surface area contributed by atoms with Crippen molar-refractivity contribution in [3.63, 3.8) is 0 Å². The van der Waals surface area contributed by atoms with Gasteiger partial charge in [-0.1, -0.05) is 167 Å². The van der Waals surface area contributed by atoms with Crippen molar-refractivity contribution in [2.75, 3.05) is 0 Å². The zero-order chi connectivity index (χ0) is 46.3. The number of rotatable bonds is 6. The second kappa shape index (κ2) is 14.6. The summed E-state index contributed by atoms with van der Waals surface area (Å²) < 4.78 is 15.4. The monoisotopic (exact) mass is 905 g/mol. The van der Waals surface area contributed by atoms with Gasteiger partial charge in [-0.15, -0.1) is 9.13 Å². The smallest absolute Gasteiger partial charge is 0.364 e. The molecule has 0 fully saturated rings. The van der Waals surface area contributed by atoms with E-state index in [1.165, 1.54) is 71.3 Å². The fourth-order valence-electron chi connectivity index (χ4n) is 12.4. The van der Waals surface area contributed by atoms with Crippen molar-refractivity contribution in [2.45, 2.75) is 45.6 Å². The lowest BCUT2D eigenvalue weighted by atomic mass is 9.88. The number of fused-ring (bicyclic) bond motifs is 21. The highest BCUT2D eigenvalue weighted by Crippen LogP contribution is 2.54. The van der Waals surface area contributed by atoms with Crippen LogP contribution in [0.5, 0.6) is 0 Å². The van der Waals surface area contributed by atoms with Crippen LogP contribution >= 0.6 is 0 Å². The molecular formula is C64H51N3OSi+2. The first-order valence-electron chi connectivity index (χ1n) is 24.5. The van der Waals surface area contributed by atoms with E-state index >= 15 is 0 Å². The van der Waals surface area contributed by atoms with Crippen molar-refractivity contribution < 1.29 is 13.6 Å². The Kier molecular flexibility index (Phi) is 8.50. The van der Waals surface area contributed by atoms with Gasteiger partial charge in [-0.2, -0.15) is 4.57 Å². The highest BCUT2D eigenvalue weighted by Gasteiger charge is 2.67. The minimum atomic E-state index is -1.93. The zero-order valence-corrected chi connectivity index (χ0v) is 40.6. The van der Waals surface area contributed by atoms with E-state index in [0.717, 1.165) is 62.1 Å². The fraction of sp³-hybridized carbons (Fsp3) is 0.125. The Balaban J connectivity index is 1.28. The summed E-state index contributed by atoms with van der Waals surface area (Å²) in [7, 11) is -1.93. The number of hydrogen-bond donors (Lipinski definition) is 0. The van der Waals surface area contributed by atoms with E-state index in [2.05, 4.69) is 248 Å². The molecule has 5 heterocycles. The molecule has 0 N–H and O–H groups in total. The van der Waals surface area contributed by atoms with Gasteiger partial charge in [0, 0.05) is 38.4 Å². The highest BCUT2D eigenvalue weighted by molar-refractivity contribution is 6.89. The Morgan fingerprint density at radius 3 is 1.93 bits per heavy atom. The molecule has 0 radical (unpaired) electrons. The Morgan fingerprint density at radius 1 is 0.551 bits per heavy atom. The summed E-state index contributed by atoms with van der Waals surface area (Å²) in [4.78, 5) is 0. The van der Waals surface area contributed by atoms with E-state index in [-0.39, 0.29) is 0 Å². The molecule has 1 unspecified atom stereocenters. The van der Waals surface area contributed by atoms with Crippen molar-refractivity contribution in [2.24, 2.45) is 5.92 Å². The molecule has 0 bridgehead atoms. The minimum Gasteiger partial charge on any atom is -0.455 e. The maximum absolute atomic E-state index is 7.31. The van der Waals surface area contributed by atoms with Gasteiger partial charge in [-0.3, -0.25) is 0 Å². The summed E-state index contributed by atoms with van der Waals surface area (Å²) >= 11 is 0. The SMILES string of the molecule is CC(C)Cc1cc2[n+](cc1[Si](C)(C)C)C1(c3ccccc3-2)c2ccc3c(oc4ccccc43)c2-c2n(-c3cc(-c4ccccc4)ccc3-c3ccccc3)c3c4ccccc4c4ccccc4c3[n+]21. The summed E-state index contributed by atoms with van der Waals surface area (Å²) in [6.45, 7) is 12.3. The summed E-state index contributed by atoms with van der Waals surface area (Å²) in [6.07, 6.45) is 3.64. The predicted octanol–water partition coefficient (Wildman–Crippen LogP) is 14.7. The van der Waals surface area contributed by atoms with Gasteiger partial charge in [0.2, 0.25) is 5.69 Å². The molecule has 2 aliphatic rings. The van der Waals surface area contributed by atoms with Crippen molar-refractivity contribution in [1.29, 1.82) is 0 Å². The Hall–Kier alpha value is -7.86. The van der Waals surface area contributed by atoms with Crippen molar-refractivity contribution >= 4 is 67.8 Å². The lowest BCUT2D eigenvalue weighted by Crippen LogP contribution is -2.72. The number of pyridine rings is 1. The maximum atomic E-state index is 7.31. The quantitative estimate of drug-likeness (QED) is 0.0927. The molecule has 12 aromatic rings. The van der Waals surface area contributed by atoms with E-state index < -0.39 is 13.7 Å². The molecule has 5 heteroatoms. The van der Waals surface area contributed by atoms with E-state index in [1.807, 2.05) is 0 Å². The molecule has 14 rings (SSSR count). The van der Waals surface area contributed by atoms with Crippen LogP contribution in [0, 0.1) is 5.92 Å². The molecule has 69 heavy (non-hydrogen) atoms. The van der Waals surface area contributed by atoms with Crippen LogP contribution in [-0.2, 0) is 12.1 Å². The number of para-hydroxylation sites is 1. The van der Waals surface area contributed by atoms with Crippen molar-refractivity contribution in [1.82, 2.24) is 4.57 Å². The molecule has 4 nitrogen and oxygen atoms in total. The number of nitrogens with zero attached hydrogens (tertiary/aromatic N) is 3. The van der Waals surface area contributed by atoms with E-state index in [1.54, 1.807) is 0 Å². The third-order valence-corrected chi connectivity index (χ3v) is 17.3. The van der Waals surface area contributed by atoms with Crippen LogP contribution in [0.2, 0.25) is 19.6 Å². The van der Waals surface area contributed by atoms with E-state index in [9.17, 15) is 0 Å². The molecule has 0 aliphatic carbocycles. The molecule has 0 amide bonds. The van der Waals surface area contributed by atoms with Gasteiger partial charge >= 0.3 is 11.5 Å². The van der Waals surface area contributed by atoms with Crippen LogP contribution in [0.25, 0.3) is 105 Å². The Labute approximate surface area is 403 Å². The number of imidazole rings is 1. The molecule has 9 aromatic carbocycles. The molecule has 0 saturated heterocycles. The molecule has 1 spiro atoms. The molecule has 1 atom stereocenters. The number of aromatic nitrogens is 3. The number of benzene rings is 9. The van der Waals surface area contributed by atoms with Gasteiger partial charge < -0.3 is 4.42 Å². The lowest BCUT2D eigenvalue weighted by molar-refractivity contribution is -0.944. The van der Waals surface area contributed by atoms with Crippen LogP contribution < -0.4 is 14.3 Å². The standard InChI is InChI=1S/C64H51N3OSi/c1-40(2)36-44-38-55-52-29-16-18-30-53(52)64(65(55)39-58(44)69(3,4)5)54-35-34-51-48-26-17-19-31-57(48)68-62(51)59(54)63-66(60-49-27-14-12-24-46(49)47-25-13-15-28-50(47)61(60)67(63)64)56-37-43(41-20-8-6-9-21-41)32-33-45(56)42-22-10-7-11-23-42/h6-35,37-40H,36H2,1-5H3/q+2. The molecule has 2 aliphatic heterocycles. The lowest BCUT2D eigenvalue weighted by Gasteiger charge is -2.25. The zero-order valence-electron chi connectivity index (χ0n) is 39.6. The topological polar surface area (TPSA) is 25.8 Å². The van der Waals surface area contributed by atoms with E-state index in [0.29, 0.717) is 5.92 Å². The third kappa shape index (κ3) is 5.51. The maximum Gasteiger partial charge on any atom is 0.364 e. The fourth-order valence-corrected chi connectivity index (χ4v) is 14.1. The Morgan fingerprint density at radius 2 is 1.19 bits per heavy atom. The van der Waals surface area contributed by atoms with Crippen molar-refractivity contribution in [3.05, 3.63) is 217 Å². The highest BCUT2D eigenvalue weighted by atomic mass is 28.3. The number of furan rings is 1. The van der Waals surface area contributed by atoms with Crippen LogP contribution in [0.4, 0.5) is 0 Å². The van der Waals surface area contributed by atoms with Gasteiger partial charge in [0.25, 0.3) is 0 Å². The van der Waals surface area contributed by atoms with E-state index in [4.69, 9.17) is 4.42 Å². The average Bonchev–Trinajstić information content (AvgIpc) is 4.10. The largest absolute Gasteiger partial charge is 0.455 e. The summed E-state index contributed by atoms with van der Waals surface area (Å²) in [5, 5.41) is 8.64. The second-order valence-electron chi connectivity index (χ2n) is 20.7. The first-order valence-corrected chi connectivity index (χ1v) is 28.0. The first kappa shape index (κ1) is 40.2. The molecule has 0 saturated carbocycles. The molecular weight excluding hydrogens is 855 g/mol. The van der Waals surface area contributed by atoms with Gasteiger partial charge in [0.05, 0.1) is 24.8 Å². The van der Waals surface area contributed by atoms with Gasteiger partial charge in [0.1, 0.15) is 16.8 Å². The second-order valence-corrected chi connectivity index (χ2v) is 25.8. The summed E-state index contributed by atoms with van der Waals surface area (Å²) in [5.41, 5.74) is 16.7. The minimum absolute atomic E-state index is 0.520. The average molecular weight is 906 g/mol. The van der Waals surface area contributed by atoms with Crippen LogP contribution in [0.15, 0.2) is 205 Å². The molecule has 3 aromatic heterocycles. The van der Waals surface area contributed by atoms with Crippen LogP contribution in [0.1, 0.15) is 30.5 Å². The summed E-state index contributed by atoms with van der Waals surface area (Å²) in [6, 6.07) is 72.2. The van der Waals surface area contributed by atoms with Crippen LogP contribution in [0.3, 0.4) is 0 Å². The third-order valence-electron chi connectivity index (χ3n) is 15.2. The van der Waals surface area contributed by atoms with Crippen LogP contribution in [-0.4, -0.2) is 12.6 Å². The normalized spacial score (nSPS) is 15.0.